The van der Waals surface area contributed by atoms with Crippen molar-refractivity contribution < 1.29 is 22.4 Å². The van der Waals surface area contributed by atoms with Crippen LogP contribution < -0.4 is 9.62 Å². The van der Waals surface area contributed by atoms with Crippen LogP contribution in [0.15, 0.2) is 83.8 Å². The van der Waals surface area contributed by atoms with E-state index in [-0.39, 0.29) is 29.1 Å². The van der Waals surface area contributed by atoms with Crippen LogP contribution in [0.4, 0.5) is 10.1 Å². The van der Waals surface area contributed by atoms with Crippen LogP contribution in [0.1, 0.15) is 44.7 Å². The maximum Gasteiger partial charge on any atom is 0.264 e. The van der Waals surface area contributed by atoms with E-state index in [1.54, 1.807) is 19.1 Å². The monoisotopic (exact) mass is 567 g/mol. The first kappa shape index (κ1) is 30.8. The van der Waals surface area contributed by atoms with E-state index >= 15 is 4.39 Å². The molecular formula is C31H38FN3O4S. The minimum Gasteiger partial charge on any atom is -0.352 e. The Hall–Kier alpha value is -3.72. The molecule has 0 unspecified atom stereocenters. The highest BCUT2D eigenvalue weighted by atomic mass is 32.2. The second-order valence-corrected chi connectivity index (χ2v) is 11.7. The van der Waals surface area contributed by atoms with Gasteiger partial charge in [-0.1, -0.05) is 74.0 Å². The van der Waals surface area contributed by atoms with E-state index in [2.05, 4.69) is 5.32 Å². The molecule has 2 atom stereocenters. The molecular weight excluding hydrogens is 529 g/mol. The Morgan fingerprint density at radius 3 is 2.12 bits per heavy atom. The first-order valence-electron chi connectivity index (χ1n) is 13.6. The summed E-state index contributed by atoms with van der Waals surface area (Å²) in [6.45, 7) is 6.99. The number of carbonyl (C=O) groups excluding carboxylic acids is 2. The molecule has 0 bridgehead atoms. The van der Waals surface area contributed by atoms with E-state index in [0.29, 0.717) is 12.8 Å². The van der Waals surface area contributed by atoms with Crippen LogP contribution in [-0.2, 0) is 26.0 Å². The molecule has 0 saturated heterocycles. The van der Waals surface area contributed by atoms with E-state index in [0.717, 1.165) is 27.9 Å². The average Bonchev–Trinajstić information content (AvgIpc) is 2.94. The molecule has 7 nitrogen and oxygen atoms in total. The van der Waals surface area contributed by atoms with Crippen molar-refractivity contribution in [1.29, 1.82) is 0 Å². The van der Waals surface area contributed by atoms with Gasteiger partial charge in [0.2, 0.25) is 11.8 Å². The standard InChI is InChI=1S/C31H38FN3O4S/c1-5-24(4)33-31(37)28(6-2)34(21-20-25-12-8-7-9-13-25)30(36)22-35(29-15-11-10-14-27(29)32)40(38,39)26-18-16-23(3)17-19-26/h7-19,24,28H,5-6,20-22H2,1-4H3,(H,33,37)/t24-,28-/m0/s1. The number of anilines is 1. The number of benzene rings is 3. The third kappa shape index (κ3) is 7.69. The Bertz CT molecular complexity index is 1380. The zero-order chi connectivity index (χ0) is 29.3. The van der Waals surface area contributed by atoms with Crippen molar-refractivity contribution in [3.8, 4) is 0 Å². The lowest BCUT2D eigenvalue weighted by atomic mass is 10.1. The maximum atomic E-state index is 15.0. The molecule has 0 aliphatic carbocycles. The molecule has 1 N–H and O–H groups in total. The van der Waals surface area contributed by atoms with Crippen molar-refractivity contribution in [1.82, 2.24) is 10.2 Å². The molecule has 2 amide bonds. The van der Waals surface area contributed by atoms with E-state index in [4.69, 9.17) is 0 Å². The van der Waals surface area contributed by atoms with Gasteiger partial charge in [0.05, 0.1) is 10.6 Å². The number of aryl methyl sites for hydroxylation is 1. The summed E-state index contributed by atoms with van der Waals surface area (Å²) in [5.41, 5.74) is 1.59. The number of para-hydroxylation sites is 1. The minimum absolute atomic E-state index is 0.0634. The fraction of sp³-hybridized carbons (Fsp3) is 0.355. The van der Waals surface area contributed by atoms with Crippen LogP contribution in [0.25, 0.3) is 0 Å². The second kappa shape index (κ2) is 14.1. The summed E-state index contributed by atoms with van der Waals surface area (Å²) in [7, 11) is -4.32. The number of hydrogen-bond donors (Lipinski definition) is 1. The number of halogens is 1. The lowest BCUT2D eigenvalue weighted by Crippen LogP contribution is -2.54. The van der Waals surface area contributed by atoms with Crippen molar-refractivity contribution in [2.75, 3.05) is 17.4 Å². The molecule has 40 heavy (non-hydrogen) atoms. The molecule has 0 saturated carbocycles. The van der Waals surface area contributed by atoms with Gasteiger partial charge >= 0.3 is 0 Å². The zero-order valence-electron chi connectivity index (χ0n) is 23.5. The highest BCUT2D eigenvalue weighted by Crippen LogP contribution is 2.27. The summed E-state index contributed by atoms with van der Waals surface area (Å²) in [4.78, 5) is 28.6. The fourth-order valence-electron chi connectivity index (χ4n) is 4.34. The second-order valence-electron chi connectivity index (χ2n) is 9.84. The Kier molecular flexibility index (Phi) is 10.8. The summed E-state index contributed by atoms with van der Waals surface area (Å²) in [5, 5.41) is 2.94. The predicted molar refractivity (Wildman–Crippen MR) is 156 cm³/mol. The molecule has 3 aromatic rings. The number of amides is 2. The molecule has 0 aliphatic rings. The van der Waals surface area contributed by atoms with Gasteiger partial charge in [-0.05, 0) is 62.9 Å². The number of nitrogens with one attached hydrogen (secondary N) is 1. The number of hydrogen-bond acceptors (Lipinski definition) is 4. The van der Waals surface area contributed by atoms with Crippen LogP contribution in [0.5, 0.6) is 0 Å². The summed E-state index contributed by atoms with van der Waals surface area (Å²) >= 11 is 0. The predicted octanol–water partition coefficient (Wildman–Crippen LogP) is 5.09. The van der Waals surface area contributed by atoms with Gasteiger partial charge in [-0.25, -0.2) is 12.8 Å². The fourth-order valence-corrected chi connectivity index (χ4v) is 5.76. The smallest absolute Gasteiger partial charge is 0.264 e. The Morgan fingerprint density at radius 2 is 1.52 bits per heavy atom. The van der Waals surface area contributed by atoms with Crippen molar-refractivity contribution in [3.05, 3.63) is 95.8 Å². The number of nitrogens with zero attached hydrogens (tertiary/aromatic N) is 2. The Morgan fingerprint density at radius 1 is 0.900 bits per heavy atom. The Labute approximate surface area is 237 Å². The van der Waals surface area contributed by atoms with Gasteiger partial charge < -0.3 is 10.2 Å². The summed E-state index contributed by atoms with van der Waals surface area (Å²) in [6.07, 6.45) is 1.51. The van der Waals surface area contributed by atoms with Crippen LogP contribution in [-0.4, -0.2) is 50.3 Å². The molecule has 0 radical (unpaired) electrons. The molecule has 0 fully saturated rings. The molecule has 214 valence electrons. The largest absolute Gasteiger partial charge is 0.352 e. The average molecular weight is 568 g/mol. The van der Waals surface area contributed by atoms with E-state index in [9.17, 15) is 18.0 Å². The van der Waals surface area contributed by atoms with Crippen LogP contribution in [0.2, 0.25) is 0 Å². The van der Waals surface area contributed by atoms with E-state index < -0.39 is 34.3 Å². The van der Waals surface area contributed by atoms with Gasteiger partial charge in [-0.3, -0.25) is 13.9 Å². The van der Waals surface area contributed by atoms with Gasteiger partial charge in [0.15, 0.2) is 0 Å². The molecule has 0 spiro atoms. The molecule has 3 rings (SSSR count). The van der Waals surface area contributed by atoms with E-state index in [1.165, 1.54) is 35.2 Å². The number of rotatable bonds is 13. The first-order valence-corrected chi connectivity index (χ1v) is 15.0. The van der Waals surface area contributed by atoms with Crippen molar-refractivity contribution in [2.24, 2.45) is 0 Å². The lowest BCUT2D eigenvalue weighted by Gasteiger charge is -2.33. The van der Waals surface area contributed by atoms with Gasteiger partial charge in [-0.15, -0.1) is 0 Å². The topological polar surface area (TPSA) is 86.8 Å². The van der Waals surface area contributed by atoms with E-state index in [1.807, 2.05) is 51.1 Å². The van der Waals surface area contributed by atoms with Gasteiger partial charge in [-0.2, -0.15) is 0 Å². The van der Waals surface area contributed by atoms with Gasteiger partial charge in [0.1, 0.15) is 18.4 Å². The number of sulfonamides is 1. The van der Waals surface area contributed by atoms with Crippen LogP contribution in [0, 0.1) is 12.7 Å². The maximum absolute atomic E-state index is 15.0. The summed E-state index contributed by atoms with van der Waals surface area (Å²) in [5.74, 6) is -1.68. The lowest BCUT2D eigenvalue weighted by molar-refractivity contribution is -0.139. The number of carbonyl (C=O) groups is 2. The zero-order valence-corrected chi connectivity index (χ0v) is 24.3. The summed E-state index contributed by atoms with van der Waals surface area (Å²) < 4.78 is 43.4. The quantitative estimate of drug-likeness (QED) is 0.312. The minimum atomic E-state index is -4.32. The highest BCUT2D eigenvalue weighted by Gasteiger charge is 2.34. The van der Waals surface area contributed by atoms with Crippen LogP contribution in [0.3, 0.4) is 0 Å². The molecule has 0 heterocycles. The van der Waals surface area contributed by atoms with Crippen LogP contribution >= 0.6 is 0 Å². The van der Waals surface area contributed by atoms with Crippen molar-refractivity contribution in [3.63, 3.8) is 0 Å². The Balaban J connectivity index is 2.02. The third-order valence-electron chi connectivity index (χ3n) is 6.88. The molecule has 9 heteroatoms. The third-order valence-corrected chi connectivity index (χ3v) is 8.65. The van der Waals surface area contributed by atoms with Gasteiger partial charge in [0.25, 0.3) is 10.0 Å². The molecule has 0 aromatic heterocycles. The van der Waals surface area contributed by atoms with Crippen molar-refractivity contribution in [2.45, 2.75) is 63.9 Å². The normalized spacial score (nSPS) is 12.8. The summed E-state index contributed by atoms with van der Waals surface area (Å²) in [6, 6.07) is 20.2. The van der Waals surface area contributed by atoms with Crippen molar-refractivity contribution >= 4 is 27.5 Å². The highest BCUT2D eigenvalue weighted by molar-refractivity contribution is 7.92. The van der Waals surface area contributed by atoms with Gasteiger partial charge in [0, 0.05) is 12.6 Å². The molecule has 0 aliphatic heterocycles. The molecule has 3 aromatic carbocycles. The first-order chi connectivity index (χ1) is 19.1. The SMILES string of the molecule is CC[C@H](C)NC(=O)[C@H](CC)N(CCc1ccccc1)C(=O)CN(c1ccccc1F)S(=O)(=O)c1ccc(C)cc1.